The molecule has 2 amide bonds. The van der Waals surface area contributed by atoms with Gasteiger partial charge in [-0.25, -0.2) is 4.79 Å². The van der Waals surface area contributed by atoms with Crippen molar-refractivity contribution >= 4 is 6.03 Å². The number of hydrogen-bond acceptors (Lipinski definition) is 5. The summed E-state index contributed by atoms with van der Waals surface area (Å²) in [7, 11) is 0. The van der Waals surface area contributed by atoms with Crippen LogP contribution >= 0.6 is 0 Å². The molecule has 1 aliphatic heterocycles. The molecule has 1 aliphatic rings. The lowest BCUT2D eigenvalue weighted by molar-refractivity contribution is 0.111. The molecule has 2 aromatic rings. The van der Waals surface area contributed by atoms with E-state index in [1.54, 1.807) is 0 Å². The number of ether oxygens (including phenoxy) is 1. The molecule has 2 N–H and O–H groups in total. The molecule has 3 rings (SSSR count). The second kappa shape index (κ2) is 8.62. The van der Waals surface area contributed by atoms with Crippen LogP contribution in [0.2, 0.25) is 0 Å². The van der Waals surface area contributed by atoms with Gasteiger partial charge in [-0.05, 0) is 37.0 Å². The Kier molecular flexibility index (Phi) is 6.00. The van der Waals surface area contributed by atoms with E-state index in [1.807, 2.05) is 31.2 Å². The van der Waals surface area contributed by atoms with Crippen molar-refractivity contribution < 1.29 is 14.1 Å². The van der Waals surface area contributed by atoms with Crippen molar-refractivity contribution in [1.82, 2.24) is 20.8 Å². The predicted molar refractivity (Wildman–Crippen MR) is 93.2 cm³/mol. The summed E-state index contributed by atoms with van der Waals surface area (Å²) in [5, 5.41) is 9.61. The normalized spacial score (nSPS) is 16.8. The van der Waals surface area contributed by atoms with Crippen LogP contribution in [-0.4, -0.2) is 42.0 Å². The molecule has 7 nitrogen and oxygen atoms in total. The largest absolute Gasteiger partial charge is 0.376 e. The van der Waals surface area contributed by atoms with E-state index in [9.17, 15) is 4.79 Å². The summed E-state index contributed by atoms with van der Waals surface area (Å²) in [4.78, 5) is 16.1. The Morgan fingerprint density at radius 1 is 1.28 bits per heavy atom. The van der Waals surface area contributed by atoms with Crippen molar-refractivity contribution in [2.45, 2.75) is 38.7 Å². The van der Waals surface area contributed by atoms with Crippen LogP contribution < -0.4 is 10.6 Å². The Bertz CT molecular complexity index is 678. The van der Waals surface area contributed by atoms with Crippen molar-refractivity contribution in [3.63, 3.8) is 0 Å². The molecule has 0 radical (unpaired) electrons. The molecule has 1 aromatic heterocycles. The van der Waals surface area contributed by atoms with Gasteiger partial charge in [0.2, 0.25) is 0 Å². The maximum Gasteiger partial charge on any atom is 0.314 e. The topological polar surface area (TPSA) is 89.3 Å². The lowest BCUT2D eigenvalue weighted by Crippen LogP contribution is -2.40. The monoisotopic (exact) mass is 344 g/mol. The standard InChI is InChI=1S/C18H24N4O3/c1-2-16-21-17(25-22-16)14-7-5-13(6-8-14)9-10-19-18(23)20-12-15-4-3-11-24-15/h5-8,15H,2-4,9-12H2,1H3,(H2,19,20,23)/t15-/m0/s1. The number of nitrogens with one attached hydrogen (secondary N) is 2. The van der Waals surface area contributed by atoms with Crippen molar-refractivity contribution in [2.24, 2.45) is 0 Å². The molecule has 0 aliphatic carbocycles. The zero-order valence-electron chi connectivity index (χ0n) is 14.5. The first-order valence-electron chi connectivity index (χ1n) is 8.80. The van der Waals surface area contributed by atoms with Gasteiger partial charge in [0.05, 0.1) is 6.10 Å². The second-order valence-electron chi connectivity index (χ2n) is 6.09. The van der Waals surface area contributed by atoms with Crippen LogP contribution in [0, 0.1) is 0 Å². The Labute approximate surface area is 147 Å². The average Bonchev–Trinajstić information content (AvgIpc) is 3.32. The summed E-state index contributed by atoms with van der Waals surface area (Å²) < 4.78 is 10.7. The molecule has 0 bridgehead atoms. The Balaban J connectivity index is 1.40. The van der Waals surface area contributed by atoms with Crippen molar-refractivity contribution in [3.8, 4) is 11.5 Å². The second-order valence-corrected chi connectivity index (χ2v) is 6.09. The number of aromatic nitrogens is 2. The van der Waals surface area contributed by atoms with Gasteiger partial charge < -0.3 is 19.9 Å². The fraction of sp³-hybridized carbons (Fsp3) is 0.500. The zero-order valence-corrected chi connectivity index (χ0v) is 14.5. The highest BCUT2D eigenvalue weighted by Gasteiger charge is 2.15. The van der Waals surface area contributed by atoms with Crippen molar-refractivity contribution in [3.05, 3.63) is 35.7 Å². The van der Waals surface area contributed by atoms with Crippen LogP contribution in [0.1, 0.15) is 31.2 Å². The van der Waals surface area contributed by atoms with Gasteiger partial charge >= 0.3 is 6.03 Å². The van der Waals surface area contributed by atoms with E-state index in [2.05, 4.69) is 20.8 Å². The van der Waals surface area contributed by atoms with Crippen LogP contribution in [0.15, 0.2) is 28.8 Å². The molecule has 2 heterocycles. The van der Waals surface area contributed by atoms with Gasteiger partial charge in [0, 0.05) is 31.7 Å². The fourth-order valence-electron chi connectivity index (χ4n) is 2.72. The lowest BCUT2D eigenvalue weighted by atomic mass is 10.1. The highest BCUT2D eigenvalue weighted by Crippen LogP contribution is 2.18. The summed E-state index contributed by atoms with van der Waals surface area (Å²) >= 11 is 0. The van der Waals surface area contributed by atoms with Gasteiger partial charge in [0.25, 0.3) is 5.89 Å². The Morgan fingerprint density at radius 2 is 2.12 bits per heavy atom. The van der Waals surface area contributed by atoms with Gasteiger partial charge in [0.1, 0.15) is 0 Å². The number of hydrogen-bond donors (Lipinski definition) is 2. The third-order valence-electron chi connectivity index (χ3n) is 4.20. The Morgan fingerprint density at radius 3 is 2.80 bits per heavy atom. The lowest BCUT2D eigenvalue weighted by Gasteiger charge is -2.11. The molecule has 1 atom stereocenters. The molecule has 134 valence electrons. The third-order valence-corrected chi connectivity index (χ3v) is 4.20. The summed E-state index contributed by atoms with van der Waals surface area (Å²) in [5.74, 6) is 1.24. The molecule has 7 heteroatoms. The van der Waals surface area contributed by atoms with Crippen LogP contribution in [0.4, 0.5) is 4.79 Å². The van der Waals surface area contributed by atoms with E-state index >= 15 is 0 Å². The zero-order chi connectivity index (χ0) is 17.5. The van der Waals surface area contributed by atoms with Crippen LogP contribution in [0.3, 0.4) is 0 Å². The fourth-order valence-corrected chi connectivity index (χ4v) is 2.72. The van der Waals surface area contributed by atoms with E-state index in [4.69, 9.17) is 9.26 Å². The molecule has 25 heavy (non-hydrogen) atoms. The number of rotatable bonds is 7. The number of benzene rings is 1. The van der Waals surface area contributed by atoms with Crippen LogP contribution in [-0.2, 0) is 17.6 Å². The van der Waals surface area contributed by atoms with Crippen LogP contribution in [0.5, 0.6) is 0 Å². The average molecular weight is 344 g/mol. The number of urea groups is 1. The summed E-state index contributed by atoms with van der Waals surface area (Å²) in [5.41, 5.74) is 2.04. The molecule has 0 saturated carbocycles. The van der Waals surface area contributed by atoms with E-state index in [-0.39, 0.29) is 12.1 Å². The molecule has 0 spiro atoms. The maximum absolute atomic E-state index is 11.8. The first-order chi connectivity index (χ1) is 12.2. The smallest absolute Gasteiger partial charge is 0.314 e. The minimum atomic E-state index is -0.148. The van der Waals surface area contributed by atoms with Gasteiger partial charge in [-0.1, -0.05) is 24.2 Å². The summed E-state index contributed by atoms with van der Waals surface area (Å²) in [6, 6.07) is 7.79. The number of aryl methyl sites for hydroxylation is 1. The van der Waals surface area contributed by atoms with Crippen LogP contribution in [0.25, 0.3) is 11.5 Å². The summed E-state index contributed by atoms with van der Waals surface area (Å²) in [6.07, 6.45) is 3.77. The van der Waals surface area contributed by atoms with E-state index in [0.29, 0.717) is 24.8 Å². The van der Waals surface area contributed by atoms with Gasteiger partial charge in [-0.2, -0.15) is 4.98 Å². The molecular formula is C18H24N4O3. The highest BCUT2D eigenvalue weighted by atomic mass is 16.5. The number of carbonyl (C=O) groups is 1. The first-order valence-corrected chi connectivity index (χ1v) is 8.80. The number of nitrogens with zero attached hydrogens (tertiary/aromatic N) is 2. The SMILES string of the molecule is CCc1noc(-c2ccc(CCNC(=O)NC[C@@H]3CCCO3)cc2)n1. The molecular weight excluding hydrogens is 320 g/mol. The van der Waals surface area contributed by atoms with Crippen molar-refractivity contribution in [2.75, 3.05) is 19.7 Å². The number of carbonyl (C=O) groups excluding carboxylic acids is 1. The minimum Gasteiger partial charge on any atom is -0.376 e. The quantitative estimate of drug-likeness (QED) is 0.804. The van der Waals surface area contributed by atoms with E-state index in [1.165, 1.54) is 0 Å². The molecule has 0 unspecified atom stereocenters. The summed E-state index contributed by atoms with van der Waals surface area (Å²) in [6.45, 7) is 3.94. The number of amides is 2. The molecule has 1 saturated heterocycles. The third kappa shape index (κ3) is 5.03. The molecule has 1 fully saturated rings. The minimum absolute atomic E-state index is 0.148. The maximum atomic E-state index is 11.8. The van der Waals surface area contributed by atoms with E-state index < -0.39 is 0 Å². The van der Waals surface area contributed by atoms with Crippen molar-refractivity contribution in [1.29, 1.82) is 0 Å². The Hall–Kier alpha value is -2.41. The predicted octanol–water partition coefficient (Wildman–Crippen LogP) is 2.32. The van der Waals surface area contributed by atoms with Gasteiger partial charge in [-0.15, -0.1) is 0 Å². The first kappa shape index (κ1) is 17.4. The molecule has 1 aromatic carbocycles. The van der Waals surface area contributed by atoms with Gasteiger partial charge in [-0.3, -0.25) is 0 Å². The van der Waals surface area contributed by atoms with E-state index in [0.717, 1.165) is 43.4 Å². The van der Waals surface area contributed by atoms with Gasteiger partial charge in [0.15, 0.2) is 5.82 Å². The highest BCUT2D eigenvalue weighted by molar-refractivity contribution is 5.73.